The first-order chi connectivity index (χ1) is 3.77. The zero-order valence-corrected chi connectivity index (χ0v) is 5.39. The Hall–Kier alpha value is -0.850. The third kappa shape index (κ3) is 5.15. The van der Waals surface area contributed by atoms with E-state index < -0.39 is 0 Å². The van der Waals surface area contributed by atoms with E-state index in [1.165, 1.54) is 0 Å². The van der Waals surface area contributed by atoms with Gasteiger partial charge in [0.05, 0.1) is 0 Å². The summed E-state index contributed by atoms with van der Waals surface area (Å²) < 4.78 is 0. The van der Waals surface area contributed by atoms with Crippen LogP contribution in [-0.4, -0.2) is 6.21 Å². The van der Waals surface area contributed by atoms with E-state index in [0.29, 0.717) is 0 Å². The number of nitrogens with zero attached hydrogens (tertiary/aromatic N) is 1. The van der Waals surface area contributed by atoms with Crippen LogP contribution in [-0.2, 0) is 0 Å². The lowest BCUT2D eigenvalue weighted by molar-refractivity contribution is 1.52. The molecule has 0 rings (SSSR count). The van der Waals surface area contributed by atoms with Gasteiger partial charge in [-0.15, -0.1) is 0 Å². The van der Waals surface area contributed by atoms with Crippen molar-refractivity contribution in [3.63, 3.8) is 0 Å². The molecule has 0 saturated heterocycles. The Morgan fingerprint density at radius 2 is 2.25 bits per heavy atom. The Bertz CT molecular complexity index is 120. The lowest BCUT2D eigenvalue weighted by Crippen LogP contribution is -1.68. The summed E-state index contributed by atoms with van der Waals surface area (Å²) in [7, 11) is 0. The average Bonchev–Trinajstić information content (AvgIpc) is 1.66. The van der Waals surface area contributed by atoms with E-state index in [9.17, 15) is 0 Å². The van der Waals surface area contributed by atoms with Crippen LogP contribution in [0.2, 0.25) is 0 Å². The smallest absolute Gasteiger partial charge is 0.0290 e. The summed E-state index contributed by atoms with van der Waals surface area (Å²) in [6.07, 6.45) is 5.33. The molecule has 0 unspecified atom stereocenters. The largest absolute Gasteiger partial charge is 0.265 e. The van der Waals surface area contributed by atoms with Gasteiger partial charge in [-0.3, -0.25) is 4.99 Å². The summed E-state index contributed by atoms with van der Waals surface area (Å²) in [5.41, 5.74) is 0.975. The van der Waals surface area contributed by atoms with Crippen molar-refractivity contribution < 1.29 is 0 Å². The van der Waals surface area contributed by atoms with E-state index >= 15 is 0 Å². The predicted octanol–water partition coefficient (Wildman–Crippen LogP) is 2.17. The second-order valence-corrected chi connectivity index (χ2v) is 1.61. The van der Waals surface area contributed by atoms with Gasteiger partial charge in [0.2, 0.25) is 0 Å². The Balaban J connectivity index is 3.50. The first kappa shape index (κ1) is 7.15. The van der Waals surface area contributed by atoms with E-state index in [-0.39, 0.29) is 0 Å². The van der Waals surface area contributed by atoms with Gasteiger partial charge in [-0.1, -0.05) is 12.7 Å². The number of hydrogen-bond acceptors (Lipinski definition) is 1. The van der Waals surface area contributed by atoms with Gasteiger partial charge < -0.3 is 0 Å². The molecule has 0 aromatic rings. The summed E-state index contributed by atoms with van der Waals surface area (Å²) in [5, 5.41) is 0. The summed E-state index contributed by atoms with van der Waals surface area (Å²) >= 11 is 0. The highest BCUT2D eigenvalue weighted by Gasteiger charge is 1.67. The van der Waals surface area contributed by atoms with Crippen molar-refractivity contribution in [2.45, 2.75) is 13.8 Å². The molecular formula is C7H11N. The lowest BCUT2D eigenvalue weighted by atomic mass is 10.4. The molecule has 0 radical (unpaired) electrons. The Morgan fingerprint density at radius 3 is 2.62 bits per heavy atom. The maximum atomic E-state index is 3.88. The van der Waals surface area contributed by atoms with E-state index in [1.807, 2.05) is 19.9 Å². The van der Waals surface area contributed by atoms with Crippen LogP contribution in [0, 0.1) is 0 Å². The van der Waals surface area contributed by atoms with Crippen molar-refractivity contribution in [2.24, 2.45) is 4.99 Å². The molecule has 1 nitrogen and oxygen atoms in total. The van der Waals surface area contributed by atoms with Gasteiger partial charge in [0.1, 0.15) is 0 Å². The van der Waals surface area contributed by atoms with E-state index in [0.717, 1.165) is 5.57 Å². The summed E-state index contributed by atoms with van der Waals surface area (Å²) in [6.45, 7) is 7.48. The van der Waals surface area contributed by atoms with Crippen molar-refractivity contribution in [1.82, 2.24) is 0 Å². The maximum Gasteiger partial charge on any atom is 0.0290 e. The molecule has 0 saturated carbocycles. The van der Waals surface area contributed by atoms with Crippen molar-refractivity contribution in [1.29, 1.82) is 0 Å². The quantitative estimate of drug-likeness (QED) is 0.482. The molecule has 0 atom stereocenters. The molecule has 0 N–H and O–H groups in total. The minimum atomic E-state index is 0.975. The van der Waals surface area contributed by atoms with Crippen LogP contribution in [0.15, 0.2) is 29.4 Å². The van der Waals surface area contributed by atoms with Crippen molar-refractivity contribution in [3.8, 4) is 0 Å². The van der Waals surface area contributed by atoms with Crippen molar-refractivity contribution >= 4 is 6.21 Å². The second kappa shape index (κ2) is 4.31. The molecule has 0 aromatic carbocycles. The zero-order valence-electron chi connectivity index (χ0n) is 5.39. The highest BCUT2D eigenvalue weighted by atomic mass is 14.7. The number of allylic oxidation sites excluding steroid dienone is 2. The Morgan fingerprint density at radius 1 is 1.62 bits per heavy atom. The molecule has 0 spiro atoms. The van der Waals surface area contributed by atoms with Gasteiger partial charge >= 0.3 is 0 Å². The summed E-state index contributed by atoms with van der Waals surface area (Å²) in [6, 6.07) is 0. The topological polar surface area (TPSA) is 12.4 Å². The van der Waals surface area contributed by atoms with Crippen LogP contribution >= 0.6 is 0 Å². The Kier molecular flexibility index (Phi) is 3.85. The minimum Gasteiger partial charge on any atom is -0.265 e. The van der Waals surface area contributed by atoms with Gasteiger partial charge in [0.25, 0.3) is 0 Å². The molecule has 0 aliphatic rings. The highest BCUT2D eigenvalue weighted by Crippen LogP contribution is 1.79. The van der Waals surface area contributed by atoms with Crippen LogP contribution in [0.4, 0.5) is 0 Å². The Labute approximate surface area is 50.4 Å². The van der Waals surface area contributed by atoms with E-state index in [4.69, 9.17) is 0 Å². The summed E-state index contributed by atoms with van der Waals surface area (Å²) in [5.74, 6) is 0. The van der Waals surface area contributed by atoms with Gasteiger partial charge in [-0.25, -0.2) is 0 Å². The fourth-order valence-corrected chi connectivity index (χ4v) is 0.256. The molecule has 0 heterocycles. The van der Waals surface area contributed by atoms with Crippen LogP contribution < -0.4 is 0 Å². The fourth-order valence-electron chi connectivity index (χ4n) is 0.256. The number of rotatable bonds is 2. The normalized spacial score (nSPS) is 11.2. The zero-order chi connectivity index (χ0) is 6.41. The number of aliphatic imine (C=N–C) groups is 1. The molecule has 0 aliphatic carbocycles. The first-order valence-electron chi connectivity index (χ1n) is 2.57. The molecule has 0 amide bonds. The maximum absolute atomic E-state index is 3.88. The number of hydrogen-bond donors (Lipinski definition) is 0. The minimum absolute atomic E-state index is 0.975. The average molecular weight is 109 g/mol. The molecule has 1 heteroatoms. The monoisotopic (exact) mass is 109 g/mol. The summed E-state index contributed by atoms with van der Waals surface area (Å²) in [4.78, 5) is 3.88. The van der Waals surface area contributed by atoms with Gasteiger partial charge in [0, 0.05) is 12.4 Å². The molecule has 0 bridgehead atoms. The molecule has 8 heavy (non-hydrogen) atoms. The molecule has 44 valence electrons. The van der Waals surface area contributed by atoms with Gasteiger partial charge in [0.15, 0.2) is 0 Å². The third-order valence-corrected chi connectivity index (χ3v) is 0.530. The lowest BCUT2D eigenvalue weighted by Gasteiger charge is -1.78. The fraction of sp³-hybridized carbons (Fsp3) is 0.286. The SMILES string of the molecule is C=C(C)C=NC=CC. The van der Waals surface area contributed by atoms with Gasteiger partial charge in [-0.05, 0) is 19.4 Å². The first-order valence-corrected chi connectivity index (χ1v) is 2.57. The second-order valence-electron chi connectivity index (χ2n) is 1.61. The highest BCUT2D eigenvalue weighted by molar-refractivity contribution is 5.77. The van der Waals surface area contributed by atoms with Gasteiger partial charge in [-0.2, -0.15) is 0 Å². The van der Waals surface area contributed by atoms with Crippen LogP contribution in [0.5, 0.6) is 0 Å². The molecule has 0 fully saturated rings. The third-order valence-electron chi connectivity index (χ3n) is 0.530. The standard InChI is InChI=1S/C7H11N/c1-4-5-8-6-7(2)3/h4-6H,2H2,1,3H3. The van der Waals surface area contributed by atoms with E-state index in [2.05, 4.69) is 11.6 Å². The van der Waals surface area contributed by atoms with Crippen molar-refractivity contribution in [2.75, 3.05) is 0 Å². The molecule has 0 aromatic heterocycles. The van der Waals surface area contributed by atoms with Crippen LogP contribution in [0.25, 0.3) is 0 Å². The van der Waals surface area contributed by atoms with E-state index in [1.54, 1.807) is 12.4 Å². The van der Waals surface area contributed by atoms with Crippen LogP contribution in [0.3, 0.4) is 0 Å². The van der Waals surface area contributed by atoms with Crippen molar-refractivity contribution in [3.05, 3.63) is 24.4 Å². The predicted molar refractivity (Wildman–Crippen MR) is 38.1 cm³/mol. The molecular weight excluding hydrogens is 98.1 g/mol. The van der Waals surface area contributed by atoms with Crippen LogP contribution in [0.1, 0.15) is 13.8 Å². The molecule has 0 aliphatic heterocycles.